The van der Waals surface area contributed by atoms with Gasteiger partial charge in [0.05, 0.1) is 0 Å². The summed E-state index contributed by atoms with van der Waals surface area (Å²) in [6.07, 6.45) is 6.03. The highest BCUT2D eigenvalue weighted by molar-refractivity contribution is 5.09. The Morgan fingerprint density at radius 2 is 1.94 bits per heavy atom. The smallest absolute Gasteiger partial charge is 0.115 e. The summed E-state index contributed by atoms with van der Waals surface area (Å²) in [6, 6.07) is 2.68. The predicted molar refractivity (Wildman–Crippen MR) is 67.5 cm³/mol. The summed E-state index contributed by atoms with van der Waals surface area (Å²) in [6.45, 7) is 7.55. The first kappa shape index (κ1) is 13.1. The fourth-order valence-electron chi connectivity index (χ4n) is 1.85. The zero-order chi connectivity index (χ0) is 11.8. The van der Waals surface area contributed by atoms with E-state index in [0.717, 1.165) is 37.9 Å². The lowest BCUT2D eigenvalue weighted by Crippen LogP contribution is -2.30. The van der Waals surface area contributed by atoms with Crippen molar-refractivity contribution < 1.29 is 0 Å². The Balaban J connectivity index is 2.60. The van der Waals surface area contributed by atoms with Crippen LogP contribution in [0.25, 0.3) is 0 Å². The second-order valence-corrected chi connectivity index (χ2v) is 4.12. The molecule has 0 saturated carbocycles. The third-order valence-electron chi connectivity index (χ3n) is 2.73. The van der Waals surface area contributed by atoms with Gasteiger partial charge in [-0.3, -0.25) is 0 Å². The highest BCUT2D eigenvalue weighted by Crippen LogP contribution is 2.06. The number of likely N-dealkylation sites (N-methyl/N-ethyl adjacent to an activating group) is 1. The van der Waals surface area contributed by atoms with Gasteiger partial charge in [0.1, 0.15) is 6.33 Å². The lowest BCUT2D eigenvalue weighted by Gasteiger charge is -2.15. The van der Waals surface area contributed by atoms with E-state index in [1.54, 1.807) is 6.33 Å². The largest absolute Gasteiger partial charge is 0.314 e. The van der Waals surface area contributed by atoms with E-state index in [1.165, 1.54) is 5.69 Å². The standard InChI is InChI=1S/C13H23N3/c1-4-7-12-9-13(16-10-15-12)8-11(5-2)14-6-3/h9-11,14H,4-8H2,1-3H3. The van der Waals surface area contributed by atoms with Crippen LogP contribution in [0.2, 0.25) is 0 Å². The van der Waals surface area contributed by atoms with Crippen molar-refractivity contribution in [3.8, 4) is 0 Å². The Labute approximate surface area is 98.7 Å². The van der Waals surface area contributed by atoms with E-state index in [4.69, 9.17) is 0 Å². The summed E-state index contributed by atoms with van der Waals surface area (Å²) in [5.74, 6) is 0. The minimum atomic E-state index is 0.536. The molecule has 0 aliphatic rings. The van der Waals surface area contributed by atoms with Crippen molar-refractivity contribution in [2.24, 2.45) is 0 Å². The summed E-state index contributed by atoms with van der Waals surface area (Å²) in [5.41, 5.74) is 2.32. The molecule has 0 saturated heterocycles. The van der Waals surface area contributed by atoms with Crippen LogP contribution in [-0.2, 0) is 12.8 Å². The third kappa shape index (κ3) is 4.27. The molecule has 1 unspecified atom stereocenters. The van der Waals surface area contributed by atoms with E-state index in [0.29, 0.717) is 6.04 Å². The van der Waals surface area contributed by atoms with Crippen LogP contribution in [0.4, 0.5) is 0 Å². The van der Waals surface area contributed by atoms with Gasteiger partial charge in [0, 0.05) is 23.9 Å². The molecule has 0 aliphatic carbocycles. The highest BCUT2D eigenvalue weighted by atomic mass is 14.9. The molecule has 0 aliphatic heterocycles. The maximum atomic E-state index is 4.34. The maximum absolute atomic E-state index is 4.34. The molecule has 1 N–H and O–H groups in total. The molecule has 1 atom stereocenters. The van der Waals surface area contributed by atoms with Crippen LogP contribution in [0.1, 0.15) is 45.0 Å². The predicted octanol–water partition coefficient (Wildman–Crippen LogP) is 2.36. The topological polar surface area (TPSA) is 37.8 Å². The van der Waals surface area contributed by atoms with Crippen LogP contribution >= 0.6 is 0 Å². The fourth-order valence-corrected chi connectivity index (χ4v) is 1.85. The monoisotopic (exact) mass is 221 g/mol. The Bertz CT molecular complexity index is 299. The number of nitrogens with one attached hydrogen (secondary N) is 1. The van der Waals surface area contributed by atoms with Gasteiger partial charge >= 0.3 is 0 Å². The zero-order valence-electron chi connectivity index (χ0n) is 10.7. The van der Waals surface area contributed by atoms with E-state index >= 15 is 0 Å². The van der Waals surface area contributed by atoms with Gasteiger partial charge in [-0.15, -0.1) is 0 Å². The molecule has 0 aromatic carbocycles. The molecular weight excluding hydrogens is 198 g/mol. The van der Waals surface area contributed by atoms with Gasteiger partial charge in [-0.25, -0.2) is 9.97 Å². The molecule has 0 radical (unpaired) electrons. The molecule has 1 heterocycles. The summed E-state index contributed by atoms with van der Waals surface area (Å²) in [5, 5.41) is 3.47. The van der Waals surface area contributed by atoms with Crippen LogP contribution in [0, 0.1) is 0 Å². The van der Waals surface area contributed by atoms with E-state index < -0.39 is 0 Å². The lowest BCUT2D eigenvalue weighted by atomic mass is 10.1. The quantitative estimate of drug-likeness (QED) is 0.768. The minimum absolute atomic E-state index is 0.536. The van der Waals surface area contributed by atoms with Gasteiger partial charge in [0.2, 0.25) is 0 Å². The number of rotatable bonds is 7. The molecule has 1 aromatic rings. The van der Waals surface area contributed by atoms with Crippen molar-refractivity contribution in [2.45, 2.75) is 52.5 Å². The Morgan fingerprint density at radius 1 is 1.19 bits per heavy atom. The Hall–Kier alpha value is -0.960. The van der Waals surface area contributed by atoms with Crippen LogP contribution in [0.15, 0.2) is 12.4 Å². The molecule has 90 valence electrons. The van der Waals surface area contributed by atoms with Crippen LogP contribution in [0.5, 0.6) is 0 Å². The van der Waals surface area contributed by atoms with Crippen molar-refractivity contribution in [3.05, 3.63) is 23.8 Å². The second-order valence-electron chi connectivity index (χ2n) is 4.12. The fraction of sp³-hybridized carbons (Fsp3) is 0.692. The summed E-state index contributed by atoms with van der Waals surface area (Å²) < 4.78 is 0. The molecule has 1 rings (SSSR count). The molecule has 16 heavy (non-hydrogen) atoms. The van der Waals surface area contributed by atoms with Crippen molar-refractivity contribution in [3.63, 3.8) is 0 Å². The number of aryl methyl sites for hydroxylation is 1. The number of hydrogen-bond acceptors (Lipinski definition) is 3. The number of aromatic nitrogens is 2. The van der Waals surface area contributed by atoms with Gasteiger partial charge in [-0.1, -0.05) is 27.2 Å². The number of hydrogen-bond donors (Lipinski definition) is 1. The van der Waals surface area contributed by atoms with Crippen LogP contribution < -0.4 is 5.32 Å². The first-order valence-corrected chi connectivity index (χ1v) is 6.33. The van der Waals surface area contributed by atoms with Gasteiger partial charge in [-0.05, 0) is 25.5 Å². The Morgan fingerprint density at radius 3 is 2.56 bits per heavy atom. The average Bonchev–Trinajstić information content (AvgIpc) is 2.29. The van der Waals surface area contributed by atoms with Crippen molar-refractivity contribution in [2.75, 3.05) is 6.54 Å². The average molecular weight is 221 g/mol. The minimum Gasteiger partial charge on any atom is -0.314 e. The normalized spacial score (nSPS) is 12.7. The zero-order valence-corrected chi connectivity index (χ0v) is 10.7. The van der Waals surface area contributed by atoms with Crippen molar-refractivity contribution >= 4 is 0 Å². The number of nitrogens with zero attached hydrogens (tertiary/aromatic N) is 2. The van der Waals surface area contributed by atoms with Crippen molar-refractivity contribution in [1.29, 1.82) is 0 Å². The van der Waals surface area contributed by atoms with Crippen LogP contribution in [0.3, 0.4) is 0 Å². The molecule has 0 spiro atoms. The third-order valence-corrected chi connectivity index (χ3v) is 2.73. The first-order chi connectivity index (χ1) is 7.80. The SMILES string of the molecule is CCCc1cc(CC(CC)NCC)ncn1. The van der Waals surface area contributed by atoms with E-state index in [-0.39, 0.29) is 0 Å². The molecule has 1 aromatic heterocycles. The molecule has 3 nitrogen and oxygen atoms in total. The van der Waals surface area contributed by atoms with E-state index in [9.17, 15) is 0 Å². The summed E-state index contributed by atoms with van der Waals surface area (Å²) >= 11 is 0. The molecule has 3 heteroatoms. The Kier molecular flexibility index (Phi) is 6.01. The maximum Gasteiger partial charge on any atom is 0.115 e. The second kappa shape index (κ2) is 7.34. The van der Waals surface area contributed by atoms with E-state index in [2.05, 4.69) is 42.1 Å². The molecule has 0 bridgehead atoms. The van der Waals surface area contributed by atoms with E-state index in [1.807, 2.05) is 0 Å². The summed E-state index contributed by atoms with van der Waals surface area (Å²) in [4.78, 5) is 8.62. The molecule has 0 amide bonds. The van der Waals surface area contributed by atoms with Crippen LogP contribution in [-0.4, -0.2) is 22.6 Å². The van der Waals surface area contributed by atoms with Gasteiger partial charge in [-0.2, -0.15) is 0 Å². The first-order valence-electron chi connectivity index (χ1n) is 6.33. The van der Waals surface area contributed by atoms with Gasteiger partial charge in [0.15, 0.2) is 0 Å². The van der Waals surface area contributed by atoms with Gasteiger partial charge in [0.25, 0.3) is 0 Å². The molecule has 0 fully saturated rings. The van der Waals surface area contributed by atoms with Crippen molar-refractivity contribution in [1.82, 2.24) is 15.3 Å². The van der Waals surface area contributed by atoms with Gasteiger partial charge < -0.3 is 5.32 Å². The highest BCUT2D eigenvalue weighted by Gasteiger charge is 2.07. The summed E-state index contributed by atoms with van der Waals surface area (Å²) in [7, 11) is 0. The molecular formula is C13H23N3. The lowest BCUT2D eigenvalue weighted by molar-refractivity contribution is 0.505.